The molecule has 0 aliphatic carbocycles. The Morgan fingerprint density at radius 3 is 2.45 bits per heavy atom. The number of hydrogen-bond acceptors (Lipinski definition) is 5. The largest absolute Gasteiger partial charge is 0.496 e. The Balaban J connectivity index is 1.99. The number of methoxy groups -OCH3 is 1. The number of aromatic nitrogens is 4. The molecule has 3 aromatic heterocycles. The lowest BCUT2D eigenvalue weighted by molar-refractivity contribution is 0.100. The smallest absolute Gasteiger partial charge is 0.250 e. The molecule has 1 amide bonds. The Morgan fingerprint density at radius 2 is 1.79 bits per heavy atom. The van der Waals surface area contributed by atoms with E-state index >= 15 is 0 Å². The lowest BCUT2D eigenvalue weighted by atomic mass is 9.91. The van der Waals surface area contributed by atoms with Crippen LogP contribution in [0.1, 0.15) is 27.3 Å². The molecule has 0 unspecified atom stereocenters. The highest BCUT2D eigenvalue weighted by atomic mass is 16.5. The zero-order chi connectivity index (χ0) is 20.7. The van der Waals surface area contributed by atoms with Crippen molar-refractivity contribution in [2.24, 2.45) is 5.73 Å². The van der Waals surface area contributed by atoms with E-state index in [2.05, 4.69) is 19.9 Å². The van der Waals surface area contributed by atoms with Crippen LogP contribution in [0.5, 0.6) is 5.75 Å². The van der Waals surface area contributed by atoms with E-state index < -0.39 is 5.91 Å². The molecule has 4 rings (SSSR count). The Morgan fingerprint density at radius 1 is 1.07 bits per heavy atom. The number of carbonyl (C=O) groups is 1. The highest BCUT2D eigenvalue weighted by Gasteiger charge is 2.21. The molecule has 0 saturated carbocycles. The quantitative estimate of drug-likeness (QED) is 0.555. The van der Waals surface area contributed by atoms with Gasteiger partial charge in [0.15, 0.2) is 0 Å². The van der Waals surface area contributed by atoms with Gasteiger partial charge < -0.3 is 15.5 Å². The van der Waals surface area contributed by atoms with Gasteiger partial charge in [-0.2, -0.15) is 0 Å². The minimum Gasteiger partial charge on any atom is -0.496 e. The number of pyridine rings is 1. The summed E-state index contributed by atoms with van der Waals surface area (Å²) in [6.45, 7) is 5.78. The van der Waals surface area contributed by atoms with Crippen molar-refractivity contribution in [2.75, 3.05) is 7.11 Å². The molecule has 0 saturated heterocycles. The number of aryl methyl sites for hydroxylation is 2. The predicted molar refractivity (Wildman–Crippen MR) is 112 cm³/mol. The zero-order valence-corrected chi connectivity index (χ0v) is 16.7. The van der Waals surface area contributed by atoms with Crippen LogP contribution in [-0.4, -0.2) is 33.0 Å². The number of fused-ring (bicyclic) bond motifs is 1. The molecule has 3 N–H and O–H groups in total. The molecule has 3 heterocycles. The summed E-state index contributed by atoms with van der Waals surface area (Å²) in [6.07, 6.45) is 5.14. The van der Waals surface area contributed by atoms with E-state index in [9.17, 15) is 4.79 Å². The van der Waals surface area contributed by atoms with Gasteiger partial charge in [0.1, 0.15) is 17.2 Å². The maximum absolute atomic E-state index is 12.5. The van der Waals surface area contributed by atoms with Crippen LogP contribution >= 0.6 is 0 Å². The van der Waals surface area contributed by atoms with Crippen LogP contribution in [0, 0.1) is 20.8 Å². The average molecular weight is 387 g/mol. The molecule has 7 heteroatoms. The highest BCUT2D eigenvalue weighted by molar-refractivity contribution is 6.11. The summed E-state index contributed by atoms with van der Waals surface area (Å²) >= 11 is 0. The first-order valence-corrected chi connectivity index (χ1v) is 9.15. The summed E-state index contributed by atoms with van der Waals surface area (Å²) in [5.41, 5.74) is 11.9. The summed E-state index contributed by atoms with van der Waals surface area (Å²) < 4.78 is 5.46. The SMILES string of the molecule is COc1ccc(C)c(-c2cnc3[nH]c(-c4cnc(C)nc4)cc3c2C(N)=O)c1C. The molecular formula is C22H21N5O2. The third-order valence-corrected chi connectivity index (χ3v) is 5.11. The standard InChI is InChI=1S/C22H21N5O2/c1-11-5-6-18(29-4)12(2)19(11)16-10-26-22-15(20(16)21(23)28)7-17(27-22)14-8-24-13(3)25-9-14/h5-10H,1-4H3,(H2,23,28)(H,26,27). The van der Waals surface area contributed by atoms with Crippen LogP contribution in [-0.2, 0) is 0 Å². The van der Waals surface area contributed by atoms with Crippen LogP contribution in [0.2, 0.25) is 0 Å². The van der Waals surface area contributed by atoms with Crippen molar-refractivity contribution in [1.29, 1.82) is 0 Å². The first kappa shape index (κ1) is 18.6. The number of amides is 1. The van der Waals surface area contributed by atoms with Gasteiger partial charge in [-0.1, -0.05) is 6.07 Å². The number of rotatable bonds is 4. The van der Waals surface area contributed by atoms with Gasteiger partial charge in [0, 0.05) is 35.1 Å². The van der Waals surface area contributed by atoms with Crippen LogP contribution < -0.4 is 10.5 Å². The monoisotopic (exact) mass is 387 g/mol. The minimum atomic E-state index is -0.514. The van der Waals surface area contributed by atoms with Crippen molar-refractivity contribution >= 4 is 16.9 Å². The van der Waals surface area contributed by atoms with E-state index in [1.807, 2.05) is 39.0 Å². The lowest BCUT2D eigenvalue weighted by Gasteiger charge is -2.16. The number of aromatic amines is 1. The molecule has 0 spiro atoms. The number of primary amides is 1. The average Bonchev–Trinajstić information content (AvgIpc) is 3.12. The molecule has 146 valence electrons. The first-order valence-electron chi connectivity index (χ1n) is 9.15. The first-order chi connectivity index (χ1) is 13.9. The van der Waals surface area contributed by atoms with Crippen molar-refractivity contribution in [3.8, 4) is 28.1 Å². The number of H-pyrrole nitrogens is 1. The molecule has 7 nitrogen and oxygen atoms in total. The second-order valence-corrected chi connectivity index (χ2v) is 6.96. The molecule has 0 radical (unpaired) electrons. The normalized spacial score (nSPS) is 11.0. The number of nitrogens with two attached hydrogens (primary N) is 1. The van der Waals surface area contributed by atoms with E-state index in [-0.39, 0.29) is 0 Å². The molecular weight excluding hydrogens is 366 g/mol. The summed E-state index contributed by atoms with van der Waals surface area (Å²) in [5.74, 6) is 0.916. The summed E-state index contributed by atoms with van der Waals surface area (Å²) in [5, 5.41) is 0.659. The molecule has 0 aliphatic rings. The van der Waals surface area contributed by atoms with Gasteiger partial charge in [-0.15, -0.1) is 0 Å². The number of nitrogens with one attached hydrogen (secondary N) is 1. The molecule has 0 fully saturated rings. The zero-order valence-electron chi connectivity index (χ0n) is 16.7. The van der Waals surface area contributed by atoms with Crippen LogP contribution in [0.4, 0.5) is 0 Å². The fourth-order valence-electron chi connectivity index (χ4n) is 3.68. The van der Waals surface area contributed by atoms with E-state index in [0.717, 1.165) is 33.7 Å². The van der Waals surface area contributed by atoms with Gasteiger partial charge in [0.05, 0.1) is 18.4 Å². The van der Waals surface area contributed by atoms with Crippen LogP contribution in [0.25, 0.3) is 33.4 Å². The summed E-state index contributed by atoms with van der Waals surface area (Å²) in [7, 11) is 1.62. The van der Waals surface area contributed by atoms with E-state index in [4.69, 9.17) is 10.5 Å². The van der Waals surface area contributed by atoms with E-state index in [0.29, 0.717) is 28.0 Å². The molecule has 0 aliphatic heterocycles. The van der Waals surface area contributed by atoms with E-state index in [1.54, 1.807) is 25.7 Å². The number of benzene rings is 1. The lowest BCUT2D eigenvalue weighted by Crippen LogP contribution is -2.14. The van der Waals surface area contributed by atoms with Gasteiger partial charge in [-0.25, -0.2) is 15.0 Å². The molecule has 1 aromatic carbocycles. The minimum absolute atomic E-state index is 0.421. The Labute approximate surface area is 168 Å². The Kier molecular flexibility index (Phi) is 4.50. The Hall–Kier alpha value is -3.74. The van der Waals surface area contributed by atoms with Crippen molar-refractivity contribution in [3.05, 3.63) is 59.3 Å². The molecule has 29 heavy (non-hydrogen) atoms. The molecule has 0 atom stereocenters. The van der Waals surface area contributed by atoms with Crippen molar-refractivity contribution < 1.29 is 9.53 Å². The molecule has 4 aromatic rings. The van der Waals surface area contributed by atoms with E-state index in [1.165, 1.54) is 0 Å². The summed E-state index contributed by atoms with van der Waals surface area (Å²) in [6, 6.07) is 5.74. The predicted octanol–water partition coefficient (Wildman–Crippen LogP) is 3.72. The molecule has 0 bridgehead atoms. The summed E-state index contributed by atoms with van der Waals surface area (Å²) in [4.78, 5) is 28.8. The van der Waals surface area contributed by atoms with Crippen molar-refractivity contribution in [3.63, 3.8) is 0 Å². The van der Waals surface area contributed by atoms with Gasteiger partial charge >= 0.3 is 0 Å². The van der Waals surface area contributed by atoms with Crippen LogP contribution in [0.15, 0.2) is 36.8 Å². The number of nitrogens with zero attached hydrogens (tertiary/aromatic N) is 3. The maximum Gasteiger partial charge on any atom is 0.250 e. The second kappa shape index (κ2) is 7.01. The number of ether oxygens (including phenoxy) is 1. The van der Waals surface area contributed by atoms with Gasteiger partial charge in [0.2, 0.25) is 5.91 Å². The fourth-order valence-corrected chi connectivity index (χ4v) is 3.68. The Bertz CT molecular complexity index is 1240. The third kappa shape index (κ3) is 3.10. The van der Waals surface area contributed by atoms with Gasteiger partial charge in [-0.3, -0.25) is 4.79 Å². The van der Waals surface area contributed by atoms with Crippen molar-refractivity contribution in [2.45, 2.75) is 20.8 Å². The number of carbonyl (C=O) groups excluding carboxylic acids is 1. The van der Waals surface area contributed by atoms with Crippen LogP contribution in [0.3, 0.4) is 0 Å². The third-order valence-electron chi connectivity index (χ3n) is 5.11. The fraction of sp³-hybridized carbons (Fsp3) is 0.182. The van der Waals surface area contributed by atoms with Gasteiger partial charge in [0.25, 0.3) is 0 Å². The van der Waals surface area contributed by atoms with Crippen molar-refractivity contribution in [1.82, 2.24) is 19.9 Å². The highest BCUT2D eigenvalue weighted by Crippen LogP contribution is 2.37. The maximum atomic E-state index is 12.5. The number of hydrogen-bond donors (Lipinski definition) is 2. The second-order valence-electron chi connectivity index (χ2n) is 6.96. The topological polar surface area (TPSA) is 107 Å². The van der Waals surface area contributed by atoms with Gasteiger partial charge in [-0.05, 0) is 49.6 Å².